The second-order valence-electron chi connectivity index (χ2n) is 16.0. The molecule has 1 heterocycles. The van der Waals surface area contributed by atoms with E-state index in [9.17, 15) is 14.7 Å². The van der Waals surface area contributed by atoms with E-state index in [0.717, 1.165) is 77.7 Å². The molecule has 1 aliphatic rings. The highest BCUT2D eigenvalue weighted by Crippen LogP contribution is 2.23. The third-order valence-corrected chi connectivity index (χ3v) is 11.0. The molecule has 0 aromatic heterocycles. The first kappa shape index (κ1) is 50.6. The number of unbranched alkanes of at least 4 members (excludes halogenated alkanes) is 19. The third kappa shape index (κ3) is 31.7. The van der Waals surface area contributed by atoms with Crippen LogP contribution < -0.4 is 5.32 Å². The number of hydrogen-bond donors (Lipinski definition) is 2. The van der Waals surface area contributed by atoms with Crippen molar-refractivity contribution in [3.63, 3.8) is 0 Å². The van der Waals surface area contributed by atoms with E-state index < -0.39 is 18.0 Å². The van der Waals surface area contributed by atoms with Crippen LogP contribution in [0.4, 0.5) is 4.79 Å². The van der Waals surface area contributed by atoms with Crippen LogP contribution in [-0.4, -0.2) is 87.1 Å². The molecule has 0 aliphatic carbocycles. The Morgan fingerprint density at radius 3 is 1.57 bits per heavy atom. The van der Waals surface area contributed by atoms with Crippen LogP contribution in [-0.2, 0) is 23.7 Å². The minimum Gasteiger partial charge on any atom is -0.481 e. The second-order valence-corrected chi connectivity index (χ2v) is 16.0. The van der Waals surface area contributed by atoms with Gasteiger partial charge in [0.25, 0.3) is 0 Å². The summed E-state index contributed by atoms with van der Waals surface area (Å²) in [6.07, 6.45) is 30.4. The molecule has 0 radical (unpaired) electrons. The van der Waals surface area contributed by atoms with Gasteiger partial charge in [-0.15, -0.1) is 0 Å². The maximum Gasteiger partial charge on any atom is 0.508 e. The van der Waals surface area contributed by atoms with Gasteiger partial charge in [0.2, 0.25) is 0 Å². The molecule has 2 unspecified atom stereocenters. The summed E-state index contributed by atoms with van der Waals surface area (Å²) in [7, 11) is 0. The average Bonchev–Trinajstić information content (AvgIpc) is 3.17. The Bertz CT molecular complexity index is 808. The van der Waals surface area contributed by atoms with Crippen LogP contribution in [0.25, 0.3) is 0 Å². The molecular weight excluding hydrogens is 681 g/mol. The summed E-state index contributed by atoms with van der Waals surface area (Å²) in [5.41, 5.74) is 0. The molecule has 0 bridgehead atoms. The van der Waals surface area contributed by atoms with Gasteiger partial charge in [-0.1, -0.05) is 143 Å². The lowest BCUT2D eigenvalue weighted by Crippen LogP contribution is -2.43. The normalized spacial score (nSPS) is 14.7. The molecule has 320 valence electrons. The molecule has 0 aromatic rings. The summed E-state index contributed by atoms with van der Waals surface area (Å²) >= 11 is 0. The second kappa shape index (κ2) is 38.5. The Morgan fingerprint density at radius 1 is 0.556 bits per heavy atom. The molecule has 1 saturated heterocycles. The van der Waals surface area contributed by atoms with Crippen LogP contribution in [0.3, 0.4) is 0 Å². The minimum atomic E-state index is -0.777. The van der Waals surface area contributed by atoms with Gasteiger partial charge >= 0.3 is 12.1 Å². The molecule has 9 nitrogen and oxygen atoms in total. The standard InChI is InChI=1S/C45H88N2O7/c1-4-7-10-13-16-17-18-19-20-23-29-42(54-45(50)53-40-27-35-47-36-33-46-34-37-47)32-31-41(44(48)49)28-26-30-43(51-38-24-21-14-11-8-5-2)52-39-25-22-15-12-9-6-3/h41-43,46H,4-40H2,1-3H3,(H,48,49). The van der Waals surface area contributed by atoms with Gasteiger partial charge in [-0.3, -0.25) is 4.79 Å². The number of rotatable bonds is 40. The smallest absolute Gasteiger partial charge is 0.481 e. The van der Waals surface area contributed by atoms with E-state index in [2.05, 4.69) is 31.0 Å². The van der Waals surface area contributed by atoms with E-state index >= 15 is 0 Å². The Balaban J connectivity index is 2.59. The number of nitrogens with zero attached hydrogens (tertiary/aromatic N) is 1. The van der Waals surface area contributed by atoms with Crippen molar-refractivity contribution in [1.82, 2.24) is 10.2 Å². The van der Waals surface area contributed by atoms with Crippen LogP contribution in [0.15, 0.2) is 0 Å². The van der Waals surface area contributed by atoms with Crippen molar-refractivity contribution in [2.45, 2.75) is 219 Å². The molecule has 0 aromatic carbocycles. The van der Waals surface area contributed by atoms with Crippen molar-refractivity contribution in [3.8, 4) is 0 Å². The topological polar surface area (TPSA) is 107 Å². The zero-order valence-corrected chi connectivity index (χ0v) is 35.7. The number of carbonyl (C=O) groups excluding carboxylic acids is 1. The molecule has 2 N–H and O–H groups in total. The predicted molar refractivity (Wildman–Crippen MR) is 223 cm³/mol. The Labute approximate surface area is 333 Å². The zero-order valence-electron chi connectivity index (χ0n) is 35.7. The number of ether oxygens (including phenoxy) is 4. The first-order valence-corrected chi connectivity index (χ1v) is 23.2. The van der Waals surface area contributed by atoms with Crippen molar-refractivity contribution in [1.29, 1.82) is 0 Å². The molecule has 1 fully saturated rings. The van der Waals surface area contributed by atoms with Crippen molar-refractivity contribution in [3.05, 3.63) is 0 Å². The molecule has 1 aliphatic heterocycles. The van der Waals surface area contributed by atoms with Crippen molar-refractivity contribution < 1.29 is 33.6 Å². The van der Waals surface area contributed by atoms with Gasteiger partial charge in [-0.2, -0.15) is 0 Å². The molecule has 0 saturated carbocycles. The van der Waals surface area contributed by atoms with Gasteiger partial charge in [-0.05, 0) is 64.2 Å². The molecular formula is C45H88N2O7. The van der Waals surface area contributed by atoms with Gasteiger partial charge in [0.15, 0.2) is 6.29 Å². The largest absolute Gasteiger partial charge is 0.508 e. The Kier molecular flexibility index (Phi) is 36.0. The van der Waals surface area contributed by atoms with Gasteiger partial charge in [0.05, 0.1) is 12.5 Å². The van der Waals surface area contributed by atoms with E-state index in [1.807, 2.05) is 0 Å². The van der Waals surface area contributed by atoms with Gasteiger partial charge in [-0.25, -0.2) is 4.79 Å². The van der Waals surface area contributed by atoms with Crippen LogP contribution in [0, 0.1) is 5.92 Å². The zero-order chi connectivity index (χ0) is 39.2. The lowest BCUT2D eigenvalue weighted by Gasteiger charge is -2.26. The van der Waals surface area contributed by atoms with Crippen molar-refractivity contribution >= 4 is 12.1 Å². The van der Waals surface area contributed by atoms with Crippen LogP contribution in [0.2, 0.25) is 0 Å². The average molecular weight is 769 g/mol. The van der Waals surface area contributed by atoms with Gasteiger partial charge in [0, 0.05) is 45.9 Å². The first-order chi connectivity index (χ1) is 26.5. The number of nitrogens with one attached hydrogen (secondary N) is 1. The van der Waals surface area contributed by atoms with Crippen LogP contribution in [0.5, 0.6) is 0 Å². The fourth-order valence-corrected chi connectivity index (χ4v) is 7.39. The van der Waals surface area contributed by atoms with E-state index in [-0.39, 0.29) is 12.4 Å². The van der Waals surface area contributed by atoms with E-state index in [1.165, 1.54) is 116 Å². The number of carboxylic acid groups (broad SMARTS) is 1. The maximum absolute atomic E-state index is 12.7. The third-order valence-electron chi connectivity index (χ3n) is 11.0. The quantitative estimate of drug-likeness (QED) is 0.0358. The van der Waals surface area contributed by atoms with Gasteiger partial charge < -0.3 is 34.3 Å². The van der Waals surface area contributed by atoms with E-state index in [1.54, 1.807) is 0 Å². The highest BCUT2D eigenvalue weighted by atomic mass is 16.7. The Morgan fingerprint density at radius 2 is 1.06 bits per heavy atom. The summed E-state index contributed by atoms with van der Waals surface area (Å²) in [5.74, 6) is -1.27. The van der Waals surface area contributed by atoms with Crippen LogP contribution >= 0.6 is 0 Å². The molecule has 0 spiro atoms. The minimum absolute atomic E-state index is 0.278. The SMILES string of the molecule is CCCCCCCCCCCCC(CCC(CCCC(OCCCCCCCC)OCCCCCCCC)C(=O)O)OC(=O)OCCCN1CCNCC1. The van der Waals surface area contributed by atoms with Crippen LogP contribution in [0.1, 0.15) is 207 Å². The highest BCUT2D eigenvalue weighted by molar-refractivity contribution is 5.69. The number of piperazine rings is 1. The van der Waals surface area contributed by atoms with Crippen molar-refractivity contribution in [2.24, 2.45) is 5.92 Å². The summed E-state index contributed by atoms with van der Waals surface area (Å²) in [4.78, 5) is 27.5. The number of aliphatic carboxylic acids is 1. The molecule has 1 rings (SSSR count). The lowest BCUT2D eigenvalue weighted by molar-refractivity contribution is -0.150. The molecule has 9 heteroatoms. The van der Waals surface area contributed by atoms with Crippen molar-refractivity contribution in [2.75, 3.05) is 52.5 Å². The summed E-state index contributed by atoms with van der Waals surface area (Å²) < 4.78 is 23.8. The monoisotopic (exact) mass is 769 g/mol. The van der Waals surface area contributed by atoms with E-state index in [4.69, 9.17) is 18.9 Å². The number of carbonyl (C=O) groups is 2. The predicted octanol–water partition coefficient (Wildman–Crippen LogP) is 11.8. The summed E-state index contributed by atoms with van der Waals surface area (Å²) in [6.45, 7) is 13.4. The summed E-state index contributed by atoms with van der Waals surface area (Å²) in [5, 5.41) is 13.5. The number of carboxylic acids is 1. The fraction of sp³-hybridized carbons (Fsp3) is 0.956. The fourth-order valence-electron chi connectivity index (χ4n) is 7.39. The molecule has 54 heavy (non-hydrogen) atoms. The summed E-state index contributed by atoms with van der Waals surface area (Å²) in [6, 6.07) is 0. The molecule has 0 amide bonds. The Hall–Kier alpha value is -1.42. The number of hydrogen-bond acceptors (Lipinski definition) is 8. The first-order valence-electron chi connectivity index (χ1n) is 23.2. The van der Waals surface area contributed by atoms with E-state index in [0.29, 0.717) is 45.5 Å². The van der Waals surface area contributed by atoms with Gasteiger partial charge in [0.1, 0.15) is 6.10 Å². The maximum atomic E-state index is 12.7. The highest BCUT2D eigenvalue weighted by Gasteiger charge is 2.23. The lowest BCUT2D eigenvalue weighted by atomic mass is 9.93. The molecule has 2 atom stereocenters.